The fourth-order valence-electron chi connectivity index (χ4n) is 1.11. The summed E-state index contributed by atoms with van der Waals surface area (Å²) in [7, 11) is 0. The molecule has 0 fully saturated rings. The van der Waals surface area contributed by atoms with Gasteiger partial charge < -0.3 is 5.11 Å². The van der Waals surface area contributed by atoms with E-state index in [4.69, 9.17) is 5.26 Å². The van der Waals surface area contributed by atoms with Crippen LogP contribution in [0.1, 0.15) is 24.5 Å². The molecule has 0 aliphatic heterocycles. The predicted molar refractivity (Wildman–Crippen MR) is 67.5 cm³/mol. The third kappa shape index (κ3) is 4.63. The molecule has 0 unspecified atom stereocenters. The number of carbonyl (C=O) groups is 1. The summed E-state index contributed by atoms with van der Waals surface area (Å²) in [6.45, 7) is 1.52. The summed E-state index contributed by atoms with van der Waals surface area (Å²) in [6, 6.07) is 6.55. The lowest BCUT2D eigenvalue weighted by Crippen LogP contribution is -1.84. The Morgan fingerprint density at radius 2 is 2.29 bits per heavy atom. The van der Waals surface area contributed by atoms with E-state index < -0.39 is 0 Å². The second-order valence-electron chi connectivity index (χ2n) is 3.24. The first-order valence-corrected chi connectivity index (χ1v) is 5.97. The Morgan fingerprint density at radius 1 is 1.53 bits per heavy atom. The fourth-order valence-corrected chi connectivity index (χ4v) is 1.61. The molecule has 0 spiro atoms. The van der Waals surface area contributed by atoms with Crippen molar-refractivity contribution in [2.75, 3.05) is 5.75 Å². The van der Waals surface area contributed by atoms with Crippen molar-refractivity contribution in [1.82, 2.24) is 0 Å². The fraction of sp³-hybridized carbons (Fsp3) is 0.231. The zero-order valence-corrected chi connectivity index (χ0v) is 10.2. The summed E-state index contributed by atoms with van der Waals surface area (Å²) in [6.07, 6.45) is 0.616. The highest BCUT2D eigenvalue weighted by Gasteiger charge is 1.99. The zero-order valence-electron chi connectivity index (χ0n) is 9.36. The topological polar surface area (TPSA) is 61.1 Å². The molecule has 17 heavy (non-hydrogen) atoms. The Kier molecular flexibility index (Phi) is 5.13. The van der Waals surface area contributed by atoms with Crippen LogP contribution < -0.4 is 0 Å². The van der Waals surface area contributed by atoms with Gasteiger partial charge in [-0.3, -0.25) is 4.79 Å². The number of rotatable bonds is 2. The second-order valence-corrected chi connectivity index (χ2v) is 4.51. The van der Waals surface area contributed by atoms with Crippen molar-refractivity contribution in [3.05, 3.63) is 29.3 Å². The van der Waals surface area contributed by atoms with Gasteiger partial charge in [-0.1, -0.05) is 23.6 Å². The lowest BCUT2D eigenvalue weighted by molar-refractivity contribution is -0.109. The summed E-state index contributed by atoms with van der Waals surface area (Å²) < 4.78 is 0. The number of aromatic hydroxyl groups is 1. The molecule has 0 aliphatic carbocycles. The van der Waals surface area contributed by atoms with Gasteiger partial charge in [-0.05, 0) is 18.2 Å². The molecule has 1 rings (SSSR count). The number of hydrogen-bond acceptors (Lipinski definition) is 4. The Balaban J connectivity index is 2.58. The van der Waals surface area contributed by atoms with E-state index in [2.05, 4.69) is 11.8 Å². The summed E-state index contributed by atoms with van der Waals surface area (Å²) in [4.78, 5) is 10.6. The molecular formula is C13H11NO2S. The average molecular weight is 245 g/mol. The smallest absolute Gasteiger partial charge is 0.185 e. The summed E-state index contributed by atoms with van der Waals surface area (Å²) in [5, 5.41) is 18.1. The van der Waals surface area contributed by atoms with Gasteiger partial charge in [-0.25, -0.2) is 0 Å². The molecule has 0 saturated heterocycles. The predicted octanol–water partition coefficient (Wildman–Crippen LogP) is 2.29. The Morgan fingerprint density at radius 3 is 2.88 bits per heavy atom. The Hall–Kier alpha value is -1.91. The lowest BCUT2D eigenvalue weighted by Gasteiger charge is -1.95. The van der Waals surface area contributed by atoms with E-state index in [1.807, 2.05) is 6.07 Å². The molecular weight excluding hydrogens is 234 g/mol. The van der Waals surface area contributed by atoms with Crippen LogP contribution in [-0.2, 0) is 4.79 Å². The molecule has 1 aromatic carbocycles. The van der Waals surface area contributed by atoms with Crippen molar-refractivity contribution >= 4 is 16.9 Å². The molecule has 86 valence electrons. The molecule has 0 bridgehead atoms. The molecule has 0 heterocycles. The van der Waals surface area contributed by atoms with Crippen molar-refractivity contribution in [3.63, 3.8) is 0 Å². The SMILES string of the molecule is CC(=O)SCCC#Cc1ccc(C#N)c(O)c1. The van der Waals surface area contributed by atoms with Crippen molar-refractivity contribution in [3.8, 4) is 23.7 Å². The van der Waals surface area contributed by atoms with Gasteiger partial charge in [0.05, 0.1) is 5.56 Å². The maximum atomic E-state index is 10.6. The first-order chi connectivity index (χ1) is 8.13. The molecule has 0 radical (unpaired) electrons. The van der Waals surface area contributed by atoms with Crippen LogP contribution in [0.15, 0.2) is 18.2 Å². The van der Waals surface area contributed by atoms with E-state index >= 15 is 0 Å². The lowest BCUT2D eigenvalue weighted by atomic mass is 10.1. The number of phenols is 1. The molecule has 1 N–H and O–H groups in total. The van der Waals surface area contributed by atoms with Crippen molar-refractivity contribution in [1.29, 1.82) is 5.26 Å². The number of benzene rings is 1. The average Bonchev–Trinajstić information content (AvgIpc) is 2.28. The number of phenolic OH excluding ortho intramolecular Hbond substituents is 1. The summed E-state index contributed by atoms with van der Waals surface area (Å²) in [5.41, 5.74) is 0.900. The van der Waals surface area contributed by atoms with Crippen LogP contribution in [0.3, 0.4) is 0 Å². The number of carbonyl (C=O) groups excluding carboxylic acids is 1. The highest BCUT2D eigenvalue weighted by molar-refractivity contribution is 8.13. The number of hydrogen-bond donors (Lipinski definition) is 1. The van der Waals surface area contributed by atoms with E-state index in [0.29, 0.717) is 17.7 Å². The van der Waals surface area contributed by atoms with E-state index in [9.17, 15) is 9.90 Å². The first kappa shape index (κ1) is 13.2. The molecule has 0 aromatic heterocycles. The van der Waals surface area contributed by atoms with Crippen molar-refractivity contribution in [2.45, 2.75) is 13.3 Å². The molecule has 4 heteroatoms. The van der Waals surface area contributed by atoms with Crippen LogP contribution in [0.2, 0.25) is 0 Å². The van der Waals surface area contributed by atoms with Crippen LogP contribution in [0.25, 0.3) is 0 Å². The summed E-state index contributed by atoms with van der Waals surface area (Å²) >= 11 is 1.24. The molecule has 1 aromatic rings. The van der Waals surface area contributed by atoms with Crippen LogP contribution in [0.5, 0.6) is 5.75 Å². The van der Waals surface area contributed by atoms with E-state index in [0.717, 1.165) is 0 Å². The molecule has 0 saturated carbocycles. The minimum Gasteiger partial charge on any atom is -0.507 e. The number of thioether (sulfide) groups is 1. The van der Waals surface area contributed by atoms with Gasteiger partial charge in [0.1, 0.15) is 11.8 Å². The minimum atomic E-state index is -0.0580. The quantitative estimate of drug-likeness (QED) is 0.641. The monoisotopic (exact) mass is 245 g/mol. The van der Waals surface area contributed by atoms with Crippen LogP contribution >= 0.6 is 11.8 Å². The van der Waals surface area contributed by atoms with Crippen LogP contribution in [0, 0.1) is 23.2 Å². The number of nitriles is 1. The van der Waals surface area contributed by atoms with Gasteiger partial charge >= 0.3 is 0 Å². The Bertz CT molecular complexity index is 520. The van der Waals surface area contributed by atoms with Crippen LogP contribution in [-0.4, -0.2) is 16.0 Å². The van der Waals surface area contributed by atoms with Gasteiger partial charge in [0.2, 0.25) is 0 Å². The van der Waals surface area contributed by atoms with Gasteiger partial charge in [0.25, 0.3) is 0 Å². The van der Waals surface area contributed by atoms with Gasteiger partial charge in [0.15, 0.2) is 5.12 Å². The summed E-state index contributed by atoms with van der Waals surface area (Å²) in [5.74, 6) is 6.38. The zero-order chi connectivity index (χ0) is 12.7. The van der Waals surface area contributed by atoms with E-state index in [-0.39, 0.29) is 16.4 Å². The van der Waals surface area contributed by atoms with Gasteiger partial charge in [-0.2, -0.15) is 5.26 Å². The Labute approximate surface area is 104 Å². The normalized spacial score (nSPS) is 8.94. The highest BCUT2D eigenvalue weighted by atomic mass is 32.2. The van der Waals surface area contributed by atoms with Gasteiger partial charge in [-0.15, -0.1) is 0 Å². The largest absolute Gasteiger partial charge is 0.507 e. The van der Waals surface area contributed by atoms with Crippen LogP contribution in [0.4, 0.5) is 0 Å². The molecule has 0 amide bonds. The minimum absolute atomic E-state index is 0.0580. The maximum Gasteiger partial charge on any atom is 0.185 e. The third-order valence-electron chi connectivity index (χ3n) is 1.88. The van der Waals surface area contributed by atoms with Crippen molar-refractivity contribution in [2.24, 2.45) is 0 Å². The first-order valence-electron chi connectivity index (χ1n) is 4.99. The maximum absolute atomic E-state index is 10.6. The van der Waals surface area contributed by atoms with E-state index in [1.165, 1.54) is 30.8 Å². The highest BCUT2D eigenvalue weighted by Crippen LogP contribution is 2.16. The molecule has 0 atom stereocenters. The number of nitrogens with zero attached hydrogens (tertiary/aromatic N) is 1. The third-order valence-corrected chi connectivity index (χ3v) is 2.70. The molecule has 0 aliphatic rings. The van der Waals surface area contributed by atoms with Gasteiger partial charge in [0, 0.05) is 24.7 Å². The van der Waals surface area contributed by atoms with Crippen molar-refractivity contribution < 1.29 is 9.90 Å². The second kappa shape index (κ2) is 6.62. The standard InChI is InChI=1S/C13H11NO2S/c1-10(15)17-7-3-2-4-11-5-6-12(9-14)13(16)8-11/h5-6,8,16H,3,7H2,1H3. The molecule has 3 nitrogen and oxygen atoms in total. The van der Waals surface area contributed by atoms with E-state index in [1.54, 1.807) is 6.07 Å².